The average Bonchev–Trinajstić information content (AvgIpc) is 1.89. The van der Waals surface area contributed by atoms with E-state index in [0.717, 1.165) is 12.8 Å². The second-order valence-corrected chi connectivity index (χ2v) is 7.30. The Bertz CT molecular complexity index is 121. The number of nitriles is 1. The monoisotopic (exact) mass is 195 g/mol. The highest BCUT2D eigenvalue weighted by molar-refractivity contribution is 7.34. The van der Waals surface area contributed by atoms with Crippen LogP contribution in [0.2, 0.25) is 5.54 Å². The summed E-state index contributed by atoms with van der Waals surface area (Å²) in [4.78, 5) is 0. The normalized spacial score (nSPS) is 13.1. The zero-order chi connectivity index (χ0) is 7.98. The molecule has 0 saturated carbocycles. The highest BCUT2D eigenvalue weighted by atomic mass is 35.7. The Morgan fingerprint density at radius 1 is 1.60 bits per heavy atom. The molecule has 1 atom stereocenters. The third-order valence-electron chi connectivity index (χ3n) is 1.51. The molecule has 58 valence electrons. The molecule has 1 unspecified atom stereocenters. The van der Waals surface area contributed by atoms with E-state index in [0.29, 0.717) is 12.0 Å². The zero-order valence-electron chi connectivity index (χ0n) is 5.98. The van der Waals surface area contributed by atoms with Crippen molar-refractivity contribution in [2.75, 3.05) is 0 Å². The Kier molecular flexibility index (Phi) is 6.20. The van der Waals surface area contributed by atoms with E-state index >= 15 is 0 Å². The van der Waals surface area contributed by atoms with E-state index in [4.69, 9.17) is 27.4 Å². The molecular weight excluding hydrogens is 185 g/mol. The summed E-state index contributed by atoms with van der Waals surface area (Å²) in [5.74, 6) is 0. The van der Waals surface area contributed by atoms with Crippen LogP contribution in [0.4, 0.5) is 0 Å². The molecule has 1 nitrogen and oxygen atoms in total. The Balaban J connectivity index is 3.52. The van der Waals surface area contributed by atoms with Gasteiger partial charge in [-0.15, -0.1) is 0 Å². The summed E-state index contributed by atoms with van der Waals surface area (Å²) in [7, 11) is -1.52. The molecule has 0 aromatic rings. The van der Waals surface area contributed by atoms with Gasteiger partial charge in [-0.05, 0) is 12.0 Å². The molecule has 0 aliphatic carbocycles. The summed E-state index contributed by atoms with van der Waals surface area (Å²) in [6.45, 7) is 2.06. The lowest BCUT2D eigenvalue weighted by atomic mass is 10.2. The first-order valence-electron chi connectivity index (χ1n) is 3.37. The maximum Gasteiger partial charge on any atom is 0.240 e. The van der Waals surface area contributed by atoms with Gasteiger partial charge in [0.2, 0.25) is 7.42 Å². The standard InChI is InChI=1S/C6H11Cl2NSi/c1-2-6(10(7)8)4-3-5-9/h6,10H,2-4H2,1H3. The number of hydrogen-bond acceptors (Lipinski definition) is 1. The van der Waals surface area contributed by atoms with Crippen molar-refractivity contribution in [1.82, 2.24) is 0 Å². The summed E-state index contributed by atoms with van der Waals surface area (Å²) >= 11 is 11.5. The minimum absolute atomic E-state index is 0.419. The molecular formula is C6H11Cl2NSi. The van der Waals surface area contributed by atoms with Gasteiger partial charge in [0.25, 0.3) is 0 Å². The quantitative estimate of drug-likeness (QED) is 0.501. The Morgan fingerprint density at radius 2 is 2.20 bits per heavy atom. The van der Waals surface area contributed by atoms with E-state index < -0.39 is 7.42 Å². The summed E-state index contributed by atoms with van der Waals surface area (Å²) in [5.41, 5.74) is 0.419. The van der Waals surface area contributed by atoms with Crippen molar-refractivity contribution in [3.05, 3.63) is 0 Å². The molecule has 4 heteroatoms. The van der Waals surface area contributed by atoms with Crippen LogP contribution in [0.25, 0.3) is 0 Å². The lowest BCUT2D eigenvalue weighted by molar-refractivity contribution is 0.726. The molecule has 0 bridgehead atoms. The molecule has 0 aliphatic rings. The Morgan fingerprint density at radius 3 is 2.50 bits per heavy atom. The molecule has 0 aromatic heterocycles. The third kappa shape index (κ3) is 4.16. The molecule has 0 amide bonds. The van der Waals surface area contributed by atoms with Gasteiger partial charge in [-0.1, -0.05) is 13.3 Å². The van der Waals surface area contributed by atoms with E-state index in [1.165, 1.54) is 0 Å². The molecule has 0 N–H and O–H groups in total. The Hall–Kier alpha value is 0.287. The van der Waals surface area contributed by atoms with E-state index in [-0.39, 0.29) is 0 Å². The first kappa shape index (κ1) is 10.3. The maximum atomic E-state index is 8.27. The van der Waals surface area contributed by atoms with Gasteiger partial charge in [-0.3, -0.25) is 0 Å². The molecule has 0 heterocycles. The average molecular weight is 196 g/mol. The number of halogens is 2. The number of hydrogen-bond donors (Lipinski definition) is 0. The van der Waals surface area contributed by atoms with Gasteiger partial charge in [0.15, 0.2) is 0 Å². The maximum absolute atomic E-state index is 8.27. The Labute approximate surface area is 73.0 Å². The SMILES string of the molecule is CCC(CCC#N)[SiH](Cl)Cl. The van der Waals surface area contributed by atoms with Gasteiger partial charge >= 0.3 is 0 Å². The largest absolute Gasteiger partial charge is 0.240 e. The van der Waals surface area contributed by atoms with Gasteiger partial charge in [0, 0.05) is 6.42 Å². The molecule has 0 spiro atoms. The smallest absolute Gasteiger partial charge is 0.198 e. The predicted molar refractivity (Wildman–Crippen MR) is 47.7 cm³/mol. The van der Waals surface area contributed by atoms with Crippen molar-refractivity contribution in [1.29, 1.82) is 5.26 Å². The second kappa shape index (κ2) is 6.03. The minimum Gasteiger partial charge on any atom is -0.198 e. The van der Waals surface area contributed by atoms with Gasteiger partial charge in [-0.2, -0.15) is 27.4 Å². The van der Waals surface area contributed by atoms with Gasteiger partial charge in [-0.25, -0.2) is 0 Å². The van der Waals surface area contributed by atoms with Crippen LogP contribution in [0.3, 0.4) is 0 Å². The van der Waals surface area contributed by atoms with E-state index in [2.05, 4.69) is 13.0 Å². The zero-order valence-corrected chi connectivity index (χ0v) is 8.65. The first-order chi connectivity index (χ1) is 4.72. The molecule has 10 heavy (non-hydrogen) atoms. The van der Waals surface area contributed by atoms with Crippen LogP contribution >= 0.6 is 22.2 Å². The van der Waals surface area contributed by atoms with Gasteiger partial charge < -0.3 is 0 Å². The lowest BCUT2D eigenvalue weighted by Gasteiger charge is -2.10. The summed E-state index contributed by atoms with van der Waals surface area (Å²) < 4.78 is 0. The lowest BCUT2D eigenvalue weighted by Crippen LogP contribution is -2.05. The molecule has 0 fully saturated rings. The van der Waals surface area contributed by atoms with Crippen molar-refractivity contribution in [2.24, 2.45) is 0 Å². The highest BCUT2D eigenvalue weighted by Gasteiger charge is 2.15. The molecule has 0 saturated heterocycles. The fourth-order valence-corrected chi connectivity index (χ4v) is 3.36. The fourth-order valence-electron chi connectivity index (χ4n) is 0.758. The highest BCUT2D eigenvalue weighted by Crippen LogP contribution is 2.25. The van der Waals surface area contributed by atoms with Crippen molar-refractivity contribution < 1.29 is 0 Å². The van der Waals surface area contributed by atoms with Crippen molar-refractivity contribution in [2.45, 2.75) is 31.7 Å². The van der Waals surface area contributed by atoms with Crippen LogP contribution in [0.5, 0.6) is 0 Å². The number of rotatable bonds is 4. The minimum atomic E-state index is -1.52. The van der Waals surface area contributed by atoms with Crippen molar-refractivity contribution >= 4 is 29.6 Å². The first-order valence-corrected chi connectivity index (χ1v) is 7.53. The molecule has 0 rings (SSSR count). The van der Waals surface area contributed by atoms with Crippen LogP contribution < -0.4 is 0 Å². The van der Waals surface area contributed by atoms with Gasteiger partial charge in [0.05, 0.1) is 6.07 Å². The fraction of sp³-hybridized carbons (Fsp3) is 0.833. The van der Waals surface area contributed by atoms with Crippen LogP contribution in [-0.2, 0) is 0 Å². The second-order valence-electron chi connectivity index (χ2n) is 2.20. The van der Waals surface area contributed by atoms with Crippen molar-refractivity contribution in [3.63, 3.8) is 0 Å². The summed E-state index contributed by atoms with van der Waals surface area (Å²) in [6, 6.07) is 2.09. The summed E-state index contributed by atoms with van der Waals surface area (Å²) in [5, 5.41) is 8.27. The van der Waals surface area contributed by atoms with E-state index in [1.54, 1.807) is 0 Å². The number of nitrogens with zero attached hydrogens (tertiary/aromatic N) is 1. The van der Waals surface area contributed by atoms with Crippen molar-refractivity contribution in [3.8, 4) is 6.07 Å². The van der Waals surface area contributed by atoms with Crippen LogP contribution in [0.15, 0.2) is 0 Å². The van der Waals surface area contributed by atoms with Crippen LogP contribution in [0, 0.1) is 11.3 Å². The molecule has 0 aliphatic heterocycles. The molecule has 0 aromatic carbocycles. The third-order valence-corrected chi connectivity index (χ3v) is 5.16. The van der Waals surface area contributed by atoms with Crippen LogP contribution in [-0.4, -0.2) is 7.42 Å². The molecule has 0 radical (unpaired) electrons. The van der Waals surface area contributed by atoms with Gasteiger partial charge in [0.1, 0.15) is 0 Å². The van der Waals surface area contributed by atoms with E-state index in [1.807, 2.05) is 0 Å². The predicted octanol–water partition coefficient (Wildman–Crippen LogP) is 2.77. The topological polar surface area (TPSA) is 23.8 Å². The van der Waals surface area contributed by atoms with E-state index in [9.17, 15) is 0 Å². The van der Waals surface area contributed by atoms with Crippen LogP contribution in [0.1, 0.15) is 26.2 Å². The summed E-state index contributed by atoms with van der Waals surface area (Å²) in [6.07, 6.45) is 2.46.